The molecular formula is C30H32N4O4. The van der Waals surface area contributed by atoms with Gasteiger partial charge in [-0.3, -0.25) is 0 Å². The normalized spacial score (nSPS) is 27.9. The van der Waals surface area contributed by atoms with Crippen LogP contribution in [0.4, 0.5) is 0 Å². The van der Waals surface area contributed by atoms with Crippen molar-refractivity contribution >= 4 is 0 Å². The summed E-state index contributed by atoms with van der Waals surface area (Å²) in [6.45, 7) is 6.32. The maximum atomic E-state index is 13.1. The molecule has 0 radical (unpaired) electrons. The van der Waals surface area contributed by atoms with Crippen LogP contribution < -0.4 is 9.47 Å². The van der Waals surface area contributed by atoms with E-state index in [0.29, 0.717) is 23.3 Å². The van der Waals surface area contributed by atoms with Crippen LogP contribution in [0.15, 0.2) is 72.4 Å². The van der Waals surface area contributed by atoms with Crippen molar-refractivity contribution in [3.8, 4) is 23.8 Å². The van der Waals surface area contributed by atoms with E-state index in [1.807, 2.05) is 55.4 Å². The molecule has 2 aromatic rings. The molecule has 0 bridgehead atoms. The fraction of sp³-hybridized carbons (Fsp3) is 0.367. The lowest BCUT2D eigenvalue weighted by Gasteiger charge is -2.42. The number of ether oxygens (including phenoxy) is 2. The summed E-state index contributed by atoms with van der Waals surface area (Å²) in [6, 6.07) is 15.3. The first kappa shape index (κ1) is 27.1. The van der Waals surface area contributed by atoms with Crippen LogP contribution in [-0.4, -0.2) is 60.1 Å². The van der Waals surface area contributed by atoms with Crippen LogP contribution in [-0.2, 0) is 5.60 Å². The topological polar surface area (TPSA) is 123 Å². The minimum absolute atomic E-state index is 0.0836. The maximum Gasteiger partial charge on any atom is 0.224 e. The zero-order chi connectivity index (χ0) is 27.7. The molecule has 2 heterocycles. The molecule has 4 rings (SSSR count). The number of aliphatic hydroxyl groups excluding tert-OH is 1. The number of pyridine rings is 1. The Kier molecular flexibility index (Phi) is 7.44. The number of benzene rings is 1. The van der Waals surface area contributed by atoms with Crippen molar-refractivity contribution in [3.63, 3.8) is 0 Å². The van der Waals surface area contributed by atoms with Crippen LogP contribution in [0.2, 0.25) is 0 Å². The molecule has 2 N–H and O–H groups in total. The van der Waals surface area contributed by atoms with Gasteiger partial charge < -0.3 is 24.6 Å². The molecule has 0 spiro atoms. The van der Waals surface area contributed by atoms with E-state index in [1.165, 1.54) is 13.2 Å². The van der Waals surface area contributed by atoms with Crippen LogP contribution in [0.1, 0.15) is 29.7 Å². The van der Waals surface area contributed by atoms with E-state index in [-0.39, 0.29) is 23.9 Å². The highest BCUT2D eigenvalue weighted by Gasteiger charge is 2.76. The molecule has 8 nitrogen and oxygen atoms in total. The van der Waals surface area contributed by atoms with Gasteiger partial charge >= 0.3 is 0 Å². The quantitative estimate of drug-likeness (QED) is 0.407. The third kappa shape index (κ3) is 3.90. The summed E-state index contributed by atoms with van der Waals surface area (Å²) in [5.41, 5.74) is -1.16. The molecule has 1 saturated carbocycles. The molecule has 1 aliphatic carbocycles. The zero-order valence-electron chi connectivity index (χ0n) is 22.0. The highest BCUT2D eigenvalue weighted by molar-refractivity contribution is 5.62. The van der Waals surface area contributed by atoms with Gasteiger partial charge in [-0.15, -0.1) is 0 Å². The average molecular weight is 513 g/mol. The predicted octanol–water partition coefficient (Wildman–Crippen LogP) is 3.45. The van der Waals surface area contributed by atoms with Gasteiger partial charge in [0.1, 0.15) is 23.1 Å². The Balaban J connectivity index is 2.10. The van der Waals surface area contributed by atoms with Crippen LogP contribution in [0, 0.1) is 34.5 Å². The number of hydrogen-bond donors (Lipinski definition) is 2. The van der Waals surface area contributed by atoms with Crippen molar-refractivity contribution < 1.29 is 19.7 Å². The van der Waals surface area contributed by atoms with Gasteiger partial charge in [0.25, 0.3) is 0 Å². The summed E-state index contributed by atoms with van der Waals surface area (Å²) in [6.07, 6.45) is 5.00. The van der Waals surface area contributed by atoms with Crippen molar-refractivity contribution in [2.45, 2.75) is 24.0 Å². The van der Waals surface area contributed by atoms with Gasteiger partial charge in [-0.1, -0.05) is 49.1 Å². The molecule has 2 aliphatic rings. The van der Waals surface area contributed by atoms with Crippen molar-refractivity contribution in [3.05, 3.63) is 89.2 Å². The number of allylic oxidation sites excluding steroid dienone is 3. The summed E-state index contributed by atoms with van der Waals surface area (Å²) in [4.78, 5) is 6.30. The Morgan fingerprint density at radius 2 is 1.97 bits per heavy atom. The lowest BCUT2D eigenvalue weighted by Crippen LogP contribution is -2.55. The first-order valence-electron chi connectivity index (χ1n) is 12.4. The smallest absolute Gasteiger partial charge is 0.224 e. The molecule has 38 heavy (non-hydrogen) atoms. The number of aromatic nitrogens is 1. The van der Waals surface area contributed by atoms with Gasteiger partial charge in [0.15, 0.2) is 5.60 Å². The van der Waals surface area contributed by atoms with Crippen LogP contribution in [0.5, 0.6) is 11.6 Å². The number of nitriles is 2. The van der Waals surface area contributed by atoms with Gasteiger partial charge in [0.05, 0.1) is 18.7 Å². The molecule has 5 atom stereocenters. The third-order valence-corrected chi connectivity index (χ3v) is 7.71. The molecule has 196 valence electrons. The monoisotopic (exact) mass is 512 g/mol. The van der Waals surface area contributed by atoms with E-state index in [9.17, 15) is 20.7 Å². The van der Waals surface area contributed by atoms with Gasteiger partial charge in [0.2, 0.25) is 5.88 Å². The van der Waals surface area contributed by atoms with Crippen LogP contribution in [0.3, 0.4) is 0 Å². The lowest BCUT2D eigenvalue weighted by molar-refractivity contribution is -0.105. The first-order valence-corrected chi connectivity index (χ1v) is 12.4. The van der Waals surface area contributed by atoms with E-state index in [1.54, 1.807) is 25.2 Å². The summed E-state index contributed by atoms with van der Waals surface area (Å²) in [7, 11) is 5.24. The van der Waals surface area contributed by atoms with E-state index >= 15 is 0 Å². The summed E-state index contributed by atoms with van der Waals surface area (Å²) in [5, 5.41) is 43.0. The Hall–Kier alpha value is -3.95. The second kappa shape index (κ2) is 10.4. The summed E-state index contributed by atoms with van der Waals surface area (Å²) >= 11 is 0. The van der Waals surface area contributed by atoms with Crippen molar-refractivity contribution in [2.24, 2.45) is 11.8 Å². The van der Waals surface area contributed by atoms with Crippen LogP contribution >= 0.6 is 0 Å². The lowest BCUT2D eigenvalue weighted by atomic mass is 9.70. The number of methoxy groups -OCH3 is 1. The molecule has 1 aliphatic heterocycles. The van der Waals surface area contributed by atoms with Gasteiger partial charge in [-0.05, 0) is 38.2 Å². The molecule has 1 aromatic carbocycles. The van der Waals surface area contributed by atoms with E-state index < -0.39 is 29.0 Å². The fourth-order valence-electron chi connectivity index (χ4n) is 6.24. The Bertz CT molecular complexity index is 1370. The summed E-state index contributed by atoms with van der Waals surface area (Å²) < 4.78 is 12.4. The second-order valence-electron chi connectivity index (χ2n) is 9.92. The molecule has 1 fully saturated rings. The minimum Gasteiger partial charge on any atom is -0.481 e. The average Bonchev–Trinajstić information content (AvgIpc) is 3.31. The molecule has 1 aromatic heterocycles. The first-order chi connectivity index (χ1) is 18.2. The number of fused-ring (bicyclic) bond motifs is 3. The SMILES string of the molecule is C=C(/C=C\C(C#N)=C/C)[C@@]12Oc3cc(C#N)nc(OC)c3[C@]1(O)[C@@H](CN(C)C)[C@H](CO)[C@H]2c1ccccc1. The Morgan fingerprint density at radius 1 is 1.26 bits per heavy atom. The molecule has 0 amide bonds. The number of hydrogen-bond acceptors (Lipinski definition) is 8. The Labute approximate surface area is 223 Å². The zero-order valence-corrected chi connectivity index (χ0v) is 22.0. The second-order valence-corrected chi connectivity index (χ2v) is 9.92. The molecule has 8 heteroatoms. The highest BCUT2D eigenvalue weighted by atomic mass is 16.5. The molecule has 0 saturated heterocycles. The number of aliphatic hydroxyl groups is 2. The van der Waals surface area contributed by atoms with Gasteiger partial charge in [0, 0.05) is 42.5 Å². The fourth-order valence-corrected chi connectivity index (χ4v) is 6.24. The van der Waals surface area contributed by atoms with E-state index in [0.717, 1.165) is 5.56 Å². The number of rotatable bonds is 8. The standard InChI is InChI=1S/C30H32N4O4/c1-6-20(15-31)13-12-19(2)30-26(21-10-8-7-9-11-21)23(18-35)24(17-34(3)4)29(30,36)27-25(38-30)14-22(16-32)33-28(27)37-5/h6-14,23-24,26,35-36H,2,17-18H2,1,3-5H3/b13-12-,20-6+/t23-,24-,26+,29+,30-/m0/s1. The van der Waals surface area contributed by atoms with E-state index in [2.05, 4.69) is 17.6 Å². The largest absolute Gasteiger partial charge is 0.481 e. The third-order valence-electron chi connectivity index (χ3n) is 7.71. The van der Waals surface area contributed by atoms with Crippen LogP contribution in [0.25, 0.3) is 0 Å². The Morgan fingerprint density at radius 3 is 2.53 bits per heavy atom. The van der Waals surface area contributed by atoms with Gasteiger partial charge in [-0.2, -0.15) is 10.5 Å². The molecule has 0 unspecified atom stereocenters. The minimum atomic E-state index is -1.75. The number of nitrogens with zero attached hydrogens (tertiary/aromatic N) is 4. The maximum absolute atomic E-state index is 13.1. The van der Waals surface area contributed by atoms with E-state index in [4.69, 9.17) is 9.47 Å². The predicted molar refractivity (Wildman–Crippen MR) is 142 cm³/mol. The van der Waals surface area contributed by atoms with Crippen molar-refractivity contribution in [1.82, 2.24) is 9.88 Å². The molecular weight excluding hydrogens is 480 g/mol. The van der Waals surface area contributed by atoms with Gasteiger partial charge in [-0.25, -0.2) is 4.98 Å². The highest BCUT2D eigenvalue weighted by Crippen LogP contribution is 2.70. The van der Waals surface area contributed by atoms with Crippen molar-refractivity contribution in [1.29, 1.82) is 10.5 Å². The summed E-state index contributed by atoms with van der Waals surface area (Å²) in [5.74, 6) is -1.17. The van der Waals surface area contributed by atoms with Crippen molar-refractivity contribution in [2.75, 3.05) is 34.4 Å².